The van der Waals surface area contributed by atoms with Crippen molar-refractivity contribution in [3.63, 3.8) is 0 Å². The first-order valence-electron chi connectivity index (χ1n) is 6.83. The quantitative estimate of drug-likeness (QED) is 0.521. The summed E-state index contributed by atoms with van der Waals surface area (Å²) in [6, 6.07) is 7.27. The van der Waals surface area contributed by atoms with Gasteiger partial charge in [0.2, 0.25) is 0 Å². The number of hydrogen-bond donors (Lipinski definition) is 3. The third-order valence-corrected chi connectivity index (χ3v) is 4.44. The zero-order chi connectivity index (χ0) is 16.6. The normalized spacial score (nSPS) is 13.3. The summed E-state index contributed by atoms with van der Waals surface area (Å²) in [5, 5.41) is 15.1. The predicted molar refractivity (Wildman–Crippen MR) is 93.5 cm³/mol. The van der Waals surface area contributed by atoms with Crippen molar-refractivity contribution in [2.75, 3.05) is 30.1 Å². The van der Waals surface area contributed by atoms with E-state index in [2.05, 4.69) is 10.6 Å². The highest BCUT2D eigenvalue weighted by atomic mass is 32.2. The van der Waals surface area contributed by atoms with Crippen molar-refractivity contribution in [2.24, 2.45) is 0 Å². The first kappa shape index (κ1) is 18.9. The molecule has 0 spiro atoms. The fourth-order valence-corrected chi connectivity index (χ4v) is 2.89. The third-order valence-electron chi connectivity index (χ3n) is 3.04. The lowest BCUT2D eigenvalue weighted by Crippen LogP contribution is -2.44. The zero-order valence-corrected chi connectivity index (χ0v) is 14.6. The Hall–Kier alpha value is -1.18. The Morgan fingerprint density at radius 1 is 1.23 bits per heavy atom. The highest BCUT2D eigenvalue weighted by Crippen LogP contribution is 2.24. The van der Waals surface area contributed by atoms with Crippen LogP contribution in [0, 0.1) is 0 Å². The monoisotopic (exact) mass is 342 g/mol. The van der Waals surface area contributed by atoms with Crippen molar-refractivity contribution in [3.05, 3.63) is 24.3 Å². The van der Waals surface area contributed by atoms with Gasteiger partial charge < -0.3 is 15.7 Å². The van der Waals surface area contributed by atoms with E-state index in [9.17, 15) is 14.7 Å². The minimum absolute atomic E-state index is 0.0456. The van der Waals surface area contributed by atoms with E-state index in [1.807, 2.05) is 24.6 Å². The average molecular weight is 342 g/mol. The molecule has 0 aliphatic heterocycles. The standard InChI is InChI=1S/C15H22N2O3S2/c1-15(20,8-9-21-2)10-16-13(18)14(19)17-11-6-4-5-7-12(11)22-3/h4-7,20H,8-10H2,1-3H3,(H,16,18)(H,17,19)/t15-/m1/s1. The molecule has 1 aromatic rings. The van der Waals surface area contributed by atoms with Crippen molar-refractivity contribution in [2.45, 2.75) is 23.8 Å². The Kier molecular flexibility index (Phi) is 7.78. The minimum atomic E-state index is -1.02. The molecule has 0 aliphatic rings. The Bertz CT molecular complexity index is 521. The van der Waals surface area contributed by atoms with Crippen LogP contribution in [0.4, 0.5) is 5.69 Å². The Balaban J connectivity index is 2.54. The highest BCUT2D eigenvalue weighted by molar-refractivity contribution is 7.98. The number of benzene rings is 1. The molecule has 5 nitrogen and oxygen atoms in total. The van der Waals surface area contributed by atoms with E-state index in [-0.39, 0.29) is 6.54 Å². The van der Waals surface area contributed by atoms with Crippen LogP contribution in [0.1, 0.15) is 13.3 Å². The third kappa shape index (κ3) is 6.29. The first-order valence-corrected chi connectivity index (χ1v) is 9.45. The lowest BCUT2D eigenvalue weighted by atomic mass is 10.0. The molecule has 1 atom stereocenters. The van der Waals surface area contributed by atoms with Crippen LogP contribution in [0.25, 0.3) is 0 Å². The largest absolute Gasteiger partial charge is 0.388 e. The van der Waals surface area contributed by atoms with E-state index in [0.717, 1.165) is 10.6 Å². The van der Waals surface area contributed by atoms with Crippen LogP contribution in [-0.4, -0.2) is 47.3 Å². The maximum Gasteiger partial charge on any atom is 0.313 e. The lowest BCUT2D eigenvalue weighted by molar-refractivity contribution is -0.136. The minimum Gasteiger partial charge on any atom is -0.388 e. The summed E-state index contributed by atoms with van der Waals surface area (Å²) in [6.45, 7) is 1.69. The van der Waals surface area contributed by atoms with Gasteiger partial charge in [-0.15, -0.1) is 11.8 Å². The van der Waals surface area contributed by atoms with Crippen LogP contribution >= 0.6 is 23.5 Å². The maximum absolute atomic E-state index is 11.9. The summed E-state index contributed by atoms with van der Waals surface area (Å²) < 4.78 is 0. The van der Waals surface area contributed by atoms with E-state index in [1.54, 1.807) is 30.8 Å². The van der Waals surface area contributed by atoms with Gasteiger partial charge in [0.15, 0.2) is 0 Å². The van der Waals surface area contributed by atoms with Gasteiger partial charge in [-0.25, -0.2) is 0 Å². The smallest absolute Gasteiger partial charge is 0.313 e. The summed E-state index contributed by atoms with van der Waals surface area (Å²) in [4.78, 5) is 24.6. The van der Waals surface area contributed by atoms with Gasteiger partial charge in [0.05, 0.1) is 11.3 Å². The number of hydrogen-bond acceptors (Lipinski definition) is 5. The van der Waals surface area contributed by atoms with E-state index < -0.39 is 17.4 Å². The molecule has 7 heteroatoms. The Morgan fingerprint density at radius 2 is 1.91 bits per heavy atom. The highest BCUT2D eigenvalue weighted by Gasteiger charge is 2.23. The van der Waals surface area contributed by atoms with Gasteiger partial charge in [0.1, 0.15) is 0 Å². The number of carbonyl (C=O) groups is 2. The van der Waals surface area contributed by atoms with Gasteiger partial charge in [0, 0.05) is 11.4 Å². The summed E-state index contributed by atoms with van der Waals surface area (Å²) >= 11 is 3.11. The number of nitrogens with one attached hydrogen (secondary N) is 2. The van der Waals surface area contributed by atoms with E-state index in [1.165, 1.54) is 11.8 Å². The van der Waals surface area contributed by atoms with Gasteiger partial charge in [-0.3, -0.25) is 9.59 Å². The molecular formula is C15H22N2O3S2. The molecule has 0 saturated carbocycles. The van der Waals surface area contributed by atoms with Crippen LogP contribution in [0.5, 0.6) is 0 Å². The summed E-state index contributed by atoms with van der Waals surface area (Å²) in [5.41, 5.74) is -0.417. The van der Waals surface area contributed by atoms with Gasteiger partial charge in [-0.1, -0.05) is 12.1 Å². The van der Waals surface area contributed by atoms with Gasteiger partial charge in [-0.2, -0.15) is 11.8 Å². The topological polar surface area (TPSA) is 78.4 Å². The van der Waals surface area contributed by atoms with Crippen molar-refractivity contribution >= 4 is 41.0 Å². The number of carbonyl (C=O) groups excluding carboxylic acids is 2. The van der Waals surface area contributed by atoms with Crippen LogP contribution in [-0.2, 0) is 9.59 Å². The molecule has 22 heavy (non-hydrogen) atoms. The van der Waals surface area contributed by atoms with Gasteiger partial charge in [0.25, 0.3) is 0 Å². The number of thioether (sulfide) groups is 2. The van der Waals surface area contributed by atoms with Crippen molar-refractivity contribution in [1.82, 2.24) is 5.32 Å². The second kappa shape index (κ2) is 9.07. The van der Waals surface area contributed by atoms with E-state index in [4.69, 9.17) is 0 Å². The molecule has 0 aliphatic carbocycles. The molecule has 122 valence electrons. The van der Waals surface area contributed by atoms with Crippen LogP contribution < -0.4 is 10.6 Å². The first-order chi connectivity index (χ1) is 10.4. The molecular weight excluding hydrogens is 320 g/mol. The number of rotatable bonds is 7. The summed E-state index contributed by atoms with van der Waals surface area (Å²) in [7, 11) is 0. The summed E-state index contributed by atoms with van der Waals surface area (Å²) in [6.07, 6.45) is 4.39. The van der Waals surface area contributed by atoms with Crippen molar-refractivity contribution < 1.29 is 14.7 Å². The van der Waals surface area contributed by atoms with Crippen LogP contribution in [0.15, 0.2) is 29.2 Å². The molecule has 1 rings (SSSR count). The number of anilines is 1. The Labute approximate surface area is 139 Å². The molecule has 2 amide bonds. The molecule has 0 aromatic heterocycles. The fourth-order valence-electron chi connectivity index (χ4n) is 1.69. The number of amides is 2. The Morgan fingerprint density at radius 3 is 2.55 bits per heavy atom. The second-order valence-electron chi connectivity index (χ2n) is 5.08. The summed E-state index contributed by atoms with van der Waals surface area (Å²) in [5.74, 6) is -0.696. The zero-order valence-electron chi connectivity index (χ0n) is 13.0. The van der Waals surface area contributed by atoms with Gasteiger partial charge in [-0.05, 0) is 43.7 Å². The molecule has 3 N–H and O–H groups in total. The number of para-hydroxylation sites is 1. The predicted octanol–water partition coefficient (Wildman–Crippen LogP) is 1.97. The number of aliphatic hydroxyl groups is 1. The van der Waals surface area contributed by atoms with Crippen molar-refractivity contribution in [1.29, 1.82) is 0 Å². The molecule has 0 fully saturated rings. The average Bonchev–Trinajstić information content (AvgIpc) is 2.51. The fraction of sp³-hybridized carbons (Fsp3) is 0.467. The lowest BCUT2D eigenvalue weighted by Gasteiger charge is -2.23. The van der Waals surface area contributed by atoms with Crippen LogP contribution in [0.2, 0.25) is 0 Å². The van der Waals surface area contributed by atoms with E-state index >= 15 is 0 Å². The molecule has 1 aromatic carbocycles. The van der Waals surface area contributed by atoms with Gasteiger partial charge >= 0.3 is 11.8 Å². The molecule has 0 unspecified atom stereocenters. The van der Waals surface area contributed by atoms with E-state index in [0.29, 0.717) is 12.1 Å². The van der Waals surface area contributed by atoms with Crippen molar-refractivity contribution in [3.8, 4) is 0 Å². The molecule has 0 heterocycles. The molecule has 0 bridgehead atoms. The molecule has 0 saturated heterocycles. The maximum atomic E-state index is 11.9. The van der Waals surface area contributed by atoms with Crippen LogP contribution in [0.3, 0.4) is 0 Å². The second-order valence-corrected chi connectivity index (χ2v) is 6.91. The SMILES string of the molecule is CSCC[C@@](C)(O)CNC(=O)C(=O)Nc1ccccc1SC. The molecule has 0 radical (unpaired) electrons.